The molecule has 8 nitrogen and oxygen atoms in total. The van der Waals surface area contributed by atoms with Crippen molar-refractivity contribution in [2.75, 3.05) is 26.3 Å². The highest BCUT2D eigenvalue weighted by Gasteiger charge is 2.21. The molecule has 1 amide bonds. The van der Waals surface area contributed by atoms with E-state index in [0.717, 1.165) is 38.4 Å². The maximum atomic E-state index is 12.7. The standard InChI is InChI=1S/C20H22N4O4/c1-13-16(17-19(26)22-12-23-20(17)28-13)18(25)21-10-14-3-2-4-15(9-14)11-24-5-7-27-8-6-24/h2-4,9,12H,5-8,10-11H2,1H3,(H,21,25)(H,22,23,26). The monoisotopic (exact) mass is 382 g/mol. The molecule has 0 bridgehead atoms. The van der Waals surface area contributed by atoms with E-state index in [-0.39, 0.29) is 28.1 Å². The van der Waals surface area contributed by atoms with Crippen molar-refractivity contribution < 1.29 is 13.9 Å². The van der Waals surface area contributed by atoms with Gasteiger partial charge >= 0.3 is 0 Å². The van der Waals surface area contributed by atoms with Crippen LogP contribution in [0, 0.1) is 6.92 Å². The summed E-state index contributed by atoms with van der Waals surface area (Å²) in [5, 5.41) is 3.06. The minimum atomic E-state index is -0.389. The summed E-state index contributed by atoms with van der Waals surface area (Å²) in [5.41, 5.74) is 2.20. The number of H-pyrrole nitrogens is 1. The average Bonchev–Trinajstić information content (AvgIpc) is 3.04. The molecule has 146 valence electrons. The Morgan fingerprint density at radius 3 is 2.89 bits per heavy atom. The molecule has 3 aromatic rings. The molecule has 1 saturated heterocycles. The van der Waals surface area contributed by atoms with Gasteiger partial charge in [0.2, 0.25) is 5.71 Å². The third-order valence-electron chi connectivity index (χ3n) is 4.85. The number of ether oxygens (including phenoxy) is 1. The van der Waals surface area contributed by atoms with Gasteiger partial charge in [-0.3, -0.25) is 14.5 Å². The predicted octanol–water partition coefficient (Wildman–Crippen LogP) is 1.59. The number of aromatic nitrogens is 2. The molecule has 28 heavy (non-hydrogen) atoms. The summed E-state index contributed by atoms with van der Waals surface area (Å²) in [4.78, 5) is 33.6. The van der Waals surface area contributed by atoms with Crippen molar-refractivity contribution in [2.45, 2.75) is 20.0 Å². The molecule has 0 unspecified atom stereocenters. The Morgan fingerprint density at radius 2 is 2.07 bits per heavy atom. The van der Waals surface area contributed by atoms with Crippen LogP contribution in [-0.2, 0) is 17.8 Å². The normalized spacial score (nSPS) is 15.0. The highest BCUT2D eigenvalue weighted by Crippen LogP contribution is 2.20. The van der Waals surface area contributed by atoms with Crippen LogP contribution in [0.4, 0.5) is 0 Å². The average molecular weight is 382 g/mol. The Hall–Kier alpha value is -2.97. The van der Waals surface area contributed by atoms with E-state index in [2.05, 4.69) is 32.3 Å². The van der Waals surface area contributed by atoms with Crippen molar-refractivity contribution >= 4 is 17.0 Å². The van der Waals surface area contributed by atoms with Gasteiger partial charge < -0.3 is 19.5 Å². The first-order valence-electron chi connectivity index (χ1n) is 9.25. The minimum Gasteiger partial charge on any atom is -0.442 e. The zero-order valence-electron chi connectivity index (χ0n) is 15.7. The molecule has 3 heterocycles. The lowest BCUT2D eigenvalue weighted by molar-refractivity contribution is 0.0342. The van der Waals surface area contributed by atoms with E-state index in [1.54, 1.807) is 6.92 Å². The van der Waals surface area contributed by atoms with Crippen LogP contribution in [-0.4, -0.2) is 47.1 Å². The fourth-order valence-corrected chi connectivity index (χ4v) is 3.45. The number of hydrogen-bond donors (Lipinski definition) is 2. The Labute approximate surface area is 161 Å². The number of rotatable bonds is 5. The smallest absolute Gasteiger partial charge is 0.262 e. The van der Waals surface area contributed by atoms with Gasteiger partial charge in [0.05, 0.1) is 25.1 Å². The van der Waals surface area contributed by atoms with E-state index in [4.69, 9.17) is 9.15 Å². The molecule has 1 aliphatic rings. The zero-order valence-corrected chi connectivity index (χ0v) is 15.7. The number of aryl methyl sites for hydroxylation is 1. The number of carbonyl (C=O) groups is 1. The van der Waals surface area contributed by atoms with Gasteiger partial charge in [0.25, 0.3) is 11.5 Å². The van der Waals surface area contributed by atoms with Crippen LogP contribution in [0.1, 0.15) is 27.2 Å². The summed E-state index contributed by atoms with van der Waals surface area (Å²) in [6, 6.07) is 8.13. The Kier molecular flexibility index (Phi) is 5.23. The van der Waals surface area contributed by atoms with Crippen LogP contribution in [0.5, 0.6) is 0 Å². The molecule has 0 atom stereocenters. The quantitative estimate of drug-likeness (QED) is 0.695. The molecule has 2 N–H and O–H groups in total. The van der Waals surface area contributed by atoms with Crippen molar-refractivity contribution in [1.82, 2.24) is 20.2 Å². The Morgan fingerprint density at radius 1 is 1.29 bits per heavy atom. The van der Waals surface area contributed by atoms with Crippen LogP contribution in [0.2, 0.25) is 0 Å². The molecule has 0 radical (unpaired) electrons. The van der Waals surface area contributed by atoms with Gasteiger partial charge in [-0.2, -0.15) is 0 Å². The third kappa shape index (κ3) is 3.83. The molecule has 1 aliphatic heterocycles. The maximum absolute atomic E-state index is 12.7. The number of carbonyl (C=O) groups excluding carboxylic acids is 1. The topological polar surface area (TPSA) is 100 Å². The number of furan rings is 1. The first-order chi connectivity index (χ1) is 13.6. The predicted molar refractivity (Wildman–Crippen MR) is 103 cm³/mol. The van der Waals surface area contributed by atoms with E-state index < -0.39 is 0 Å². The van der Waals surface area contributed by atoms with Crippen LogP contribution in [0.3, 0.4) is 0 Å². The van der Waals surface area contributed by atoms with Gasteiger partial charge in [-0.25, -0.2) is 4.98 Å². The molecule has 8 heteroatoms. The van der Waals surface area contributed by atoms with Crippen LogP contribution >= 0.6 is 0 Å². The second-order valence-electron chi connectivity index (χ2n) is 6.84. The van der Waals surface area contributed by atoms with Gasteiger partial charge in [0.15, 0.2) is 0 Å². The molecule has 1 aromatic carbocycles. The largest absolute Gasteiger partial charge is 0.442 e. The number of nitrogens with one attached hydrogen (secondary N) is 2. The summed E-state index contributed by atoms with van der Waals surface area (Å²) < 4.78 is 10.8. The first kappa shape index (κ1) is 18.4. The molecule has 4 rings (SSSR count). The van der Waals surface area contributed by atoms with Gasteiger partial charge in [-0.15, -0.1) is 0 Å². The zero-order chi connectivity index (χ0) is 19.5. The summed E-state index contributed by atoms with van der Waals surface area (Å²) >= 11 is 0. The van der Waals surface area contributed by atoms with E-state index >= 15 is 0 Å². The highest BCUT2D eigenvalue weighted by atomic mass is 16.5. The van der Waals surface area contributed by atoms with Crippen molar-refractivity contribution in [3.05, 3.63) is 63.4 Å². The Balaban J connectivity index is 1.46. The lowest BCUT2D eigenvalue weighted by Crippen LogP contribution is -2.35. The van der Waals surface area contributed by atoms with Gasteiger partial charge in [-0.1, -0.05) is 24.3 Å². The third-order valence-corrected chi connectivity index (χ3v) is 4.85. The van der Waals surface area contributed by atoms with Gasteiger partial charge in [0.1, 0.15) is 11.1 Å². The molecular formula is C20H22N4O4. The molecule has 1 fully saturated rings. The number of benzene rings is 1. The lowest BCUT2D eigenvalue weighted by atomic mass is 10.1. The van der Waals surface area contributed by atoms with Crippen LogP contribution < -0.4 is 10.9 Å². The number of hydrogen-bond acceptors (Lipinski definition) is 6. The molecular weight excluding hydrogens is 360 g/mol. The molecule has 0 aliphatic carbocycles. The van der Waals surface area contributed by atoms with E-state index in [1.807, 2.05) is 12.1 Å². The highest BCUT2D eigenvalue weighted by molar-refractivity contribution is 6.06. The van der Waals surface area contributed by atoms with Crippen LogP contribution in [0.25, 0.3) is 11.1 Å². The first-order valence-corrected chi connectivity index (χ1v) is 9.25. The molecule has 0 spiro atoms. The second-order valence-corrected chi connectivity index (χ2v) is 6.84. The fourth-order valence-electron chi connectivity index (χ4n) is 3.45. The van der Waals surface area contributed by atoms with E-state index in [9.17, 15) is 9.59 Å². The summed E-state index contributed by atoms with van der Waals surface area (Å²) in [6.07, 6.45) is 1.26. The number of amides is 1. The van der Waals surface area contributed by atoms with E-state index in [0.29, 0.717) is 12.3 Å². The van der Waals surface area contributed by atoms with Gasteiger partial charge in [0, 0.05) is 26.2 Å². The minimum absolute atomic E-state index is 0.166. The van der Waals surface area contributed by atoms with Crippen LogP contribution in [0.15, 0.2) is 39.8 Å². The Bertz CT molecular complexity index is 1050. The van der Waals surface area contributed by atoms with E-state index in [1.165, 1.54) is 11.9 Å². The summed E-state index contributed by atoms with van der Waals surface area (Å²) in [6.45, 7) is 6.26. The number of morpholine rings is 1. The SMILES string of the molecule is Cc1oc2nc[nH]c(=O)c2c1C(=O)NCc1cccc(CN2CCOCC2)c1. The molecule has 2 aromatic heterocycles. The summed E-state index contributed by atoms with van der Waals surface area (Å²) in [7, 11) is 0. The maximum Gasteiger partial charge on any atom is 0.262 e. The fraction of sp³-hybridized carbons (Fsp3) is 0.350. The summed E-state index contributed by atoms with van der Waals surface area (Å²) in [5.74, 6) is 0.0195. The van der Waals surface area contributed by atoms with Crippen molar-refractivity contribution in [2.24, 2.45) is 0 Å². The lowest BCUT2D eigenvalue weighted by Gasteiger charge is -2.26. The van der Waals surface area contributed by atoms with Crippen molar-refractivity contribution in [1.29, 1.82) is 0 Å². The number of nitrogens with zero attached hydrogens (tertiary/aromatic N) is 2. The molecule has 0 saturated carbocycles. The number of aromatic amines is 1. The van der Waals surface area contributed by atoms with Gasteiger partial charge in [-0.05, 0) is 18.1 Å². The van der Waals surface area contributed by atoms with Crippen molar-refractivity contribution in [3.63, 3.8) is 0 Å². The number of fused-ring (bicyclic) bond motifs is 1. The van der Waals surface area contributed by atoms with Crippen molar-refractivity contribution in [3.8, 4) is 0 Å². The second kappa shape index (κ2) is 7.95.